The Morgan fingerprint density at radius 2 is 2.00 bits per heavy atom. The van der Waals surface area contributed by atoms with Gasteiger partial charge in [0, 0.05) is 25.6 Å². The number of benzene rings is 1. The zero-order valence-corrected chi connectivity index (χ0v) is 12.2. The van der Waals surface area contributed by atoms with Gasteiger partial charge in [-0.05, 0) is 19.0 Å². The average Bonchev–Trinajstić information content (AvgIpc) is 2.46. The lowest BCUT2D eigenvalue weighted by molar-refractivity contribution is -0.140. The van der Waals surface area contributed by atoms with E-state index in [2.05, 4.69) is 48.0 Å². The van der Waals surface area contributed by atoms with Crippen molar-refractivity contribution >= 4 is 5.91 Å². The van der Waals surface area contributed by atoms with Gasteiger partial charge < -0.3 is 9.80 Å². The van der Waals surface area contributed by atoms with Crippen molar-refractivity contribution < 1.29 is 4.79 Å². The highest BCUT2D eigenvalue weighted by Gasteiger charge is 2.31. The van der Waals surface area contributed by atoms with Crippen LogP contribution in [0.15, 0.2) is 30.3 Å². The molecule has 1 heterocycles. The van der Waals surface area contributed by atoms with E-state index in [1.54, 1.807) is 0 Å². The molecule has 1 aromatic carbocycles. The van der Waals surface area contributed by atoms with Crippen LogP contribution in [0.5, 0.6) is 0 Å². The van der Waals surface area contributed by atoms with Crippen molar-refractivity contribution in [3.8, 4) is 0 Å². The summed E-state index contributed by atoms with van der Waals surface area (Å²) in [6.45, 7) is 6.83. The average molecular weight is 260 g/mol. The first-order valence-corrected chi connectivity index (χ1v) is 7.17. The summed E-state index contributed by atoms with van der Waals surface area (Å²) in [6.07, 6.45) is 0.909. The zero-order chi connectivity index (χ0) is 13.8. The van der Waals surface area contributed by atoms with Gasteiger partial charge in [-0.25, -0.2) is 0 Å². The molecule has 19 heavy (non-hydrogen) atoms. The Morgan fingerprint density at radius 1 is 1.32 bits per heavy atom. The maximum Gasteiger partial charge on any atom is 0.225 e. The molecular formula is C16H24N2O. The molecule has 1 aliphatic rings. The molecule has 0 saturated carbocycles. The number of rotatable bonds is 3. The molecule has 0 radical (unpaired) electrons. The summed E-state index contributed by atoms with van der Waals surface area (Å²) in [7, 11) is 2.13. The summed E-state index contributed by atoms with van der Waals surface area (Å²) < 4.78 is 0. The predicted molar refractivity (Wildman–Crippen MR) is 77.8 cm³/mol. The number of carbonyl (C=O) groups is 1. The largest absolute Gasteiger partial charge is 0.333 e. The first-order valence-electron chi connectivity index (χ1n) is 7.17. The van der Waals surface area contributed by atoms with E-state index in [9.17, 15) is 4.79 Å². The van der Waals surface area contributed by atoms with Crippen LogP contribution in [0.25, 0.3) is 0 Å². The fourth-order valence-corrected chi connectivity index (χ4v) is 2.60. The van der Waals surface area contributed by atoms with Gasteiger partial charge in [0.05, 0.1) is 6.04 Å². The minimum Gasteiger partial charge on any atom is -0.333 e. The summed E-state index contributed by atoms with van der Waals surface area (Å²) in [6, 6.07) is 10.6. The van der Waals surface area contributed by atoms with Crippen molar-refractivity contribution in [2.75, 3.05) is 26.7 Å². The van der Waals surface area contributed by atoms with Gasteiger partial charge in [-0.1, -0.05) is 44.2 Å². The Kier molecular flexibility index (Phi) is 4.59. The molecule has 1 fully saturated rings. The molecule has 104 valence electrons. The van der Waals surface area contributed by atoms with Crippen molar-refractivity contribution in [3.05, 3.63) is 35.9 Å². The second kappa shape index (κ2) is 6.20. The summed E-state index contributed by atoms with van der Waals surface area (Å²) in [4.78, 5) is 16.9. The highest BCUT2D eigenvalue weighted by atomic mass is 16.2. The Hall–Kier alpha value is -1.35. The fourth-order valence-electron chi connectivity index (χ4n) is 2.60. The monoisotopic (exact) mass is 260 g/mol. The van der Waals surface area contributed by atoms with E-state index in [1.165, 1.54) is 5.56 Å². The number of hydrogen-bond acceptors (Lipinski definition) is 2. The van der Waals surface area contributed by atoms with Crippen molar-refractivity contribution in [2.24, 2.45) is 5.92 Å². The third-order valence-electron chi connectivity index (χ3n) is 4.08. The lowest BCUT2D eigenvalue weighted by Crippen LogP contribution is -2.50. The molecule has 1 aromatic rings. The molecule has 2 atom stereocenters. The maximum absolute atomic E-state index is 12.5. The third kappa shape index (κ3) is 3.16. The van der Waals surface area contributed by atoms with E-state index < -0.39 is 0 Å². The minimum atomic E-state index is 0.120. The summed E-state index contributed by atoms with van der Waals surface area (Å²) >= 11 is 0. The molecule has 1 aliphatic heterocycles. The molecule has 0 spiro atoms. The molecule has 1 saturated heterocycles. The van der Waals surface area contributed by atoms with Crippen molar-refractivity contribution in [1.29, 1.82) is 0 Å². The highest BCUT2D eigenvalue weighted by Crippen LogP contribution is 2.26. The van der Waals surface area contributed by atoms with E-state index in [-0.39, 0.29) is 12.0 Å². The van der Waals surface area contributed by atoms with Crippen molar-refractivity contribution in [2.45, 2.75) is 26.3 Å². The fraction of sp³-hybridized carbons (Fsp3) is 0.562. The quantitative estimate of drug-likeness (QED) is 0.834. The van der Waals surface area contributed by atoms with Crippen molar-refractivity contribution in [1.82, 2.24) is 9.80 Å². The molecule has 0 aliphatic carbocycles. The van der Waals surface area contributed by atoms with Crippen LogP contribution in [0.3, 0.4) is 0 Å². The van der Waals surface area contributed by atoms with Crippen LogP contribution in [-0.4, -0.2) is 42.4 Å². The number of carbonyl (C=O) groups excluding carboxylic acids is 1. The molecule has 3 heteroatoms. The van der Waals surface area contributed by atoms with E-state index in [1.807, 2.05) is 13.0 Å². The van der Waals surface area contributed by atoms with Crippen LogP contribution in [0.1, 0.15) is 31.9 Å². The summed E-state index contributed by atoms with van der Waals surface area (Å²) in [5.41, 5.74) is 1.24. The van der Waals surface area contributed by atoms with E-state index in [0.29, 0.717) is 5.91 Å². The smallest absolute Gasteiger partial charge is 0.225 e. The lowest BCUT2D eigenvalue weighted by atomic mass is 9.99. The summed E-state index contributed by atoms with van der Waals surface area (Å²) in [5.74, 6) is 0.416. The number of hydrogen-bond donors (Lipinski definition) is 0. The molecule has 0 N–H and O–H groups in total. The number of amides is 1. The summed E-state index contributed by atoms with van der Waals surface area (Å²) in [5, 5.41) is 0. The zero-order valence-electron chi connectivity index (χ0n) is 12.2. The minimum absolute atomic E-state index is 0.120. The lowest BCUT2D eigenvalue weighted by Gasteiger charge is -2.41. The molecule has 2 unspecified atom stereocenters. The van der Waals surface area contributed by atoms with E-state index in [4.69, 9.17) is 0 Å². The molecular weight excluding hydrogens is 236 g/mol. The molecule has 0 bridgehead atoms. The van der Waals surface area contributed by atoms with Gasteiger partial charge in [-0.2, -0.15) is 0 Å². The SMILES string of the molecule is CCC(C)C(=O)N1CCN(C)CC1c1ccccc1. The first-order chi connectivity index (χ1) is 9.13. The normalized spacial score (nSPS) is 22.3. The Balaban J connectivity index is 2.22. The maximum atomic E-state index is 12.5. The Labute approximate surface area is 116 Å². The van der Waals surface area contributed by atoms with Crippen LogP contribution in [0.2, 0.25) is 0 Å². The first kappa shape index (κ1) is 14.1. The highest BCUT2D eigenvalue weighted by molar-refractivity contribution is 5.79. The standard InChI is InChI=1S/C16H24N2O/c1-4-13(2)16(19)18-11-10-17(3)12-15(18)14-8-6-5-7-9-14/h5-9,13,15H,4,10-12H2,1-3H3. The van der Waals surface area contributed by atoms with Gasteiger partial charge in [-0.3, -0.25) is 4.79 Å². The number of likely N-dealkylation sites (N-methyl/N-ethyl adjacent to an activating group) is 1. The van der Waals surface area contributed by atoms with Crippen LogP contribution < -0.4 is 0 Å². The van der Waals surface area contributed by atoms with Gasteiger partial charge >= 0.3 is 0 Å². The Morgan fingerprint density at radius 3 is 2.63 bits per heavy atom. The van der Waals surface area contributed by atoms with Gasteiger partial charge in [0.15, 0.2) is 0 Å². The van der Waals surface area contributed by atoms with Gasteiger partial charge in [0.2, 0.25) is 5.91 Å². The van der Waals surface area contributed by atoms with Crippen molar-refractivity contribution in [3.63, 3.8) is 0 Å². The van der Waals surface area contributed by atoms with Gasteiger partial charge in [0.25, 0.3) is 0 Å². The Bertz CT molecular complexity index is 418. The third-order valence-corrected chi connectivity index (χ3v) is 4.08. The number of nitrogens with zero attached hydrogens (tertiary/aromatic N) is 2. The number of piperazine rings is 1. The van der Waals surface area contributed by atoms with E-state index in [0.717, 1.165) is 26.1 Å². The molecule has 1 amide bonds. The van der Waals surface area contributed by atoms with Crippen LogP contribution in [-0.2, 0) is 4.79 Å². The molecule has 0 aromatic heterocycles. The second-order valence-electron chi connectivity index (χ2n) is 5.53. The molecule has 3 nitrogen and oxygen atoms in total. The topological polar surface area (TPSA) is 23.6 Å². The van der Waals surface area contributed by atoms with Crippen LogP contribution in [0, 0.1) is 5.92 Å². The second-order valence-corrected chi connectivity index (χ2v) is 5.53. The van der Waals surface area contributed by atoms with Crippen LogP contribution >= 0.6 is 0 Å². The predicted octanol–water partition coefficient (Wildman–Crippen LogP) is 2.55. The van der Waals surface area contributed by atoms with Crippen LogP contribution in [0.4, 0.5) is 0 Å². The van der Waals surface area contributed by atoms with Gasteiger partial charge in [-0.15, -0.1) is 0 Å². The van der Waals surface area contributed by atoms with E-state index >= 15 is 0 Å². The van der Waals surface area contributed by atoms with Gasteiger partial charge in [0.1, 0.15) is 0 Å². The molecule has 2 rings (SSSR count).